The van der Waals surface area contributed by atoms with Crippen molar-refractivity contribution < 1.29 is 9.53 Å². The van der Waals surface area contributed by atoms with E-state index in [1.54, 1.807) is 0 Å². The van der Waals surface area contributed by atoms with Gasteiger partial charge in [-0.25, -0.2) is 0 Å². The normalized spacial score (nSPS) is 36.3. The van der Waals surface area contributed by atoms with Crippen LogP contribution < -0.4 is 5.32 Å². The highest BCUT2D eigenvalue weighted by Crippen LogP contribution is 2.33. The maximum atomic E-state index is 12.7. The number of amides is 1. The smallest absolute Gasteiger partial charge is 0.222 e. The van der Waals surface area contributed by atoms with E-state index < -0.39 is 0 Å². The van der Waals surface area contributed by atoms with Gasteiger partial charge in [-0.3, -0.25) is 9.69 Å². The number of carbonyl (C=O) groups is 1. The van der Waals surface area contributed by atoms with Crippen LogP contribution in [0.3, 0.4) is 0 Å². The number of rotatable bonds is 3. The molecule has 5 nitrogen and oxygen atoms in total. The summed E-state index contributed by atoms with van der Waals surface area (Å²) in [6.07, 6.45) is 8.16. The van der Waals surface area contributed by atoms with Gasteiger partial charge in [0.2, 0.25) is 5.91 Å². The summed E-state index contributed by atoms with van der Waals surface area (Å²) in [6.45, 7) is 5.76. The second kappa shape index (κ2) is 7.08. The Morgan fingerprint density at radius 1 is 0.957 bits per heavy atom. The van der Waals surface area contributed by atoms with Crippen molar-refractivity contribution >= 4 is 5.91 Å². The molecule has 0 aromatic heterocycles. The van der Waals surface area contributed by atoms with Crippen molar-refractivity contribution in [3.8, 4) is 0 Å². The average molecular weight is 321 g/mol. The standard InChI is InChI=1S/C18H31N3O2/c22-18(13-14-11-15-1-2-16(12-14)19-15)21-7-5-20(6-8-21)17-3-9-23-10-4-17/h14-17,19H,1-13H2. The van der Waals surface area contributed by atoms with Crippen LogP contribution in [0.15, 0.2) is 0 Å². The molecular formula is C18H31N3O2. The van der Waals surface area contributed by atoms with Gasteiger partial charge in [0, 0.05) is 63.9 Å². The summed E-state index contributed by atoms with van der Waals surface area (Å²) in [5.74, 6) is 1.03. The largest absolute Gasteiger partial charge is 0.381 e. The molecule has 0 saturated carbocycles. The lowest BCUT2D eigenvalue weighted by molar-refractivity contribution is -0.134. The highest BCUT2D eigenvalue weighted by molar-refractivity contribution is 5.76. The monoisotopic (exact) mass is 321 g/mol. The zero-order valence-electron chi connectivity index (χ0n) is 14.2. The van der Waals surface area contributed by atoms with Gasteiger partial charge >= 0.3 is 0 Å². The molecular weight excluding hydrogens is 290 g/mol. The summed E-state index contributed by atoms with van der Waals surface area (Å²) in [5, 5.41) is 3.67. The van der Waals surface area contributed by atoms with Crippen LogP contribution in [-0.2, 0) is 9.53 Å². The van der Waals surface area contributed by atoms with Crippen LogP contribution in [0.1, 0.15) is 44.9 Å². The van der Waals surface area contributed by atoms with Crippen molar-refractivity contribution in [3.63, 3.8) is 0 Å². The molecule has 0 aromatic rings. The van der Waals surface area contributed by atoms with E-state index >= 15 is 0 Å². The lowest BCUT2D eigenvalue weighted by Crippen LogP contribution is -2.53. The summed E-state index contributed by atoms with van der Waals surface area (Å²) in [7, 11) is 0. The van der Waals surface area contributed by atoms with Crippen molar-refractivity contribution in [2.24, 2.45) is 5.92 Å². The van der Waals surface area contributed by atoms with Crippen LogP contribution in [0.2, 0.25) is 0 Å². The molecule has 4 rings (SSSR count). The maximum Gasteiger partial charge on any atom is 0.222 e. The zero-order valence-corrected chi connectivity index (χ0v) is 14.2. The molecule has 4 aliphatic heterocycles. The van der Waals surface area contributed by atoms with E-state index in [1.165, 1.54) is 25.7 Å². The summed E-state index contributed by atoms with van der Waals surface area (Å²) < 4.78 is 5.46. The second-order valence-corrected chi connectivity index (χ2v) is 7.94. The van der Waals surface area contributed by atoms with Crippen molar-refractivity contribution in [3.05, 3.63) is 0 Å². The van der Waals surface area contributed by atoms with Crippen molar-refractivity contribution in [2.75, 3.05) is 39.4 Å². The highest BCUT2D eigenvalue weighted by atomic mass is 16.5. The van der Waals surface area contributed by atoms with E-state index in [9.17, 15) is 4.79 Å². The van der Waals surface area contributed by atoms with Crippen molar-refractivity contribution in [1.29, 1.82) is 0 Å². The molecule has 4 fully saturated rings. The van der Waals surface area contributed by atoms with Crippen molar-refractivity contribution in [1.82, 2.24) is 15.1 Å². The minimum atomic E-state index is 0.405. The number of carbonyl (C=O) groups excluding carboxylic acids is 1. The average Bonchev–Trinajstić information content (AvgIpc) is 2.94. The summed E-state index contributed by atoms with van der Waals surface area (Å²) >= 11 is 0. The third-order valence-corrected chi connectivity index (χ3v) is 6.41. The summed E-state index contributed by atoms with van der Waals surface area (Å²) in [5.41, 5.74) is 0. The van der Waals surface area contributed by atoms with Crippen LogP contribution in [0.5, 0.6) is 0 Å². The van der Waals surface area contributed by atoms with E-state index in [0.29, 0.717) is 30.0 Å². The fraction of sp³-hybridized carbons (Fsp3) is 0.944. The summed E-state index contributed by atoms with van der Waals surface area (Å²) in [6, 6.07) is 2.06. The topological polar surface area (TPSA) is 44.8 Å². The first kappa shape index (κ1) is 15.9. The first-order valence-electron chi connectivity index (χ1n) is 9.63. The van der Waals surface area contributed by atoms with Gasteiger partial charge in [0.25, 0.3) is 0 Å². The molecule has 130 valence electrons. The minimum Gasteiger partial charge on any atom is -0.381 e. The first-order valence-corrected chi connectivity index (χ1v) is 9.63. The number of hydrogen-bond acceptors (Lipinski definition) is 4. The van der Waals surface area contributed by atoms with Gasteiger partial charge < -0.3 is 15.0 Å². The first-order chi connectivity index (χ1) is 11.3. The van der Waals surface area contributed by atoms with Gasteiger partial charge in [-0.1, -0.05) is 0 Å². The van der Waals surface area contributed by atoms with Gasteiger partial charge in [-0.15, -0.1) is 0 Å². The Hall–Kier alpha value is -0.650. The molecule has 0 radical (unpaired) electrons. The van der Waals surface area contributed by atoms with Gasteiger partial charge in [-0.2, -0.15) is 0 Å². The Bertz CT molecular complexity index is 404. The molecule has 2 unspecified atom stereocenters. The van der Waals surface area contributed by atoms with E-state index in [0.717, 1.165) is 58.7 Å². The number of fused-ring (bicyclic) bond motifs is 2. The van der Waals surface area contributed by atoms with Crippen LogP contribution >= 0.6 is 0 Å². The molecule has 1 amide bonds. The second-order valence-electron chi connectivity index (χ2n) is 7.94. The van der Waals surface area contributed by atoms with E-state index in [2.05, 4.69) is 15.1 Å². The molecule has 2 atom stereocenters. The maximum absolute atomic E-state index is 12.7. The number of piperazine rings is 1. The Balaban J connectivity index is 1.23. The molecule has 2 bridgehead atoms. The predicted molar refractivity (Wildman–Crippen MR) is 89.3 cm³/mol. The molecule has 4 saturated heterocycles. The molecule has 4 heterocycles. The van der Waals surface area contributed by atoms with Gasteiger partial charge in [0.15, 0.2) is 0 Å². The predicted octanol–water partition coefficient (Wildman–Crippen LogP) is 1.23. The van der Waals surface area contributed by atoms with Gasteiger partial charge in [-0.05, 0) is 44.4 Å². The van der Waals surface area contributed by atoms with E-state index in [4.69, 9.17) is 4.74 Å². The Labute approximate surface area is 139 Å². The third kappa shape index (κ3) is 3.72. The zero-order chi connectivity index (χ0) is 15.6. The molecule has 0 spiro atoms. The molecule has 0 aromatic carbocycles. The fourth-order valence-electron chi connectivity index (χ4n) is 5.10. The van der Waals surface area contributed by atoms with Crippen LogP contribution in [0.4, 0.5) is 0 Å². The van der Waals surface area contributed by atoms with E-state index in [1.807, 2.05) is 0 Å². The van der Waals surface area contributed by atoms with Crippen LogP contribution in [0, 0.1) is 5.92 Å². The van der Waals surface area contributed by atoms with Crippen LogP contribution in [-0.4, -0.2) is 73.2 Å². The number of ether oxygens (including phenoxy) is 1. The molecule has 23 heavy (non-hydrogen) atoms. The Morgan fingerprint density at radius 2 is 1.61 bits per heavy atom. The SMILES string of the molecule is O=C(CC1CC2CCC(C1)N2)N1CCN(C2CCOCC2)CC1. The minimum absolute atomic E-state index is 0.405. The van der Waals surface area contributed by atoms with Gasteiger partial charge in [0.1, 0.15) is 0 Å². The highest BCUT2D eigenvalue weighted by Gasteiger charge is 2.35. The number of nitrogens with zero attached hydrogens (tertiary/aromatic N) is 2. The lowest BCUT2D eigenvalue weighted by atomic mass is 9.89. The quantitative estimate of drug-likeness (QED) is 0.849. The molecule has 4 aliphatic rings. The summed E-state index contributed by atoms with van der Waals surface area (Å²) in [4.78, 5) is 17.4. The van der Waals surface area contributed by atoms with Gasteiger partial charge in [0.05, 0.1) is 0 Å². The lowest BCUT2D eigenvalue weighted by Gasteiger charge is -2.41. The molecule has 5 heteroatoms. The molecule has 1 N–H and O–H groups in total. The number of piperidine rings is 1. The third-order valence-electron chi connectivity index (χ3n) is 6.41. The Kier molecular flexibility index (Phi) is 4.88. The van der Waals surface area contributed by atoms with E-state index in [-0.39, 0.29) is 0 Å². The van der Waals surface area contributed by atoms with Crippen molar-refractivity contribution in [2.45, 2.75) is 63.1 Å². The Morgan fingerprint density at radius 3 is 2.26 bits per heavy atom. The number of hydrogen-bond donors (Lipinski definition) is 1. The van der Waals surface area contributed by atoms with Crippen LogP contribution in [0.25, 0.3) is 0 Å². The number of nitrogens with one attached hydrogen (secondary N) is 1. The fourth-order valence-corrected chi connectivity index (χ4v) is 5.10. The molecule has 0 aliphatic carbocycles.